The molecule has 110 valence electrons. The molecule has 1 amide bonds. The molecule has 3 rings (SSSR count). The SMILES string of the molecule is Cc1cnc(C(=O)N2CCN(c3cccc(Cl)c3)CC2)o1. The summed E-state index contributed by atoms with van der Waals surface area (Å²) < 4.78 is 5.29. The Morgan fingerprint density at radius 2 is 2.05 bits per heavy atom. The molecule has 0 N–H and O–H groups in total. The third-order valence-corrected chi connectivity index (χ3v) is 3.78. The molecule has 0 atom stereocenters. The highest BCUT2D eigenvalue weighted by atomic mass is 35.5. The van der Waals surface area contributed by atoms with E-state index in [1.165, 1.54) is 0 Å². The fourth-order valence-corrected chi connectivity index (χ4v) is 2.61. The second kappa shape index (κ2) is 5.77. The summed E-state index contributed by atoms with van der Waals surface area (Å²) in [5.74, 6) is 0.675. The maximum atomic E-state index is 12.2. The average Bonchev–Trinajstić information content (AvgIpc) is 2.93. The summed E-state index contributed by atoms with van der Waals surface area (Å²) in [6, 6.07) is 7.76. The summed E-state index contributed by atoms with van der Waals surface area (Å²) in [5, 5.41) is 0.723. The molecule has 1 aliphatic heterocycles. The van der Waals surface area contributed by atoms with Crippen LogP contribution in [0, 0.1) is 6.92 Å². The molecule has 6 heteroatoms. The van der Waals surface area contributed by atoms with E-state index in [4.69, 9.17) is 16.0 Å². The molecule has 1 aliphatic rings. The number of piperazine rings is 1. The molecule has 0 spiro atoms. The third-order valence-electron chi connectivity index (χ3n) is 3.54. The van der Waals surface area contributed by atoms with Crippen LogP contribution in [0.3, 0.4) is 0 Å². The molecule has 0 aliphatic carbocycles. The van der Waals surface area contributed by atoms with E-state index in [9.17, 15) is 4.79 Å². The zero-order chi connectivity index (χ0) is 14.8. The van der Waals surface area contributed by atoms with Crippen LogP contribution in [0.2, 0.25) is 5.02 Å². The molecule has 2 heterocycles. The van der Waals surface area contributed by atoms with Gasteiger partial charge >= 0.3 is 5.91 Å². The summed E-state index contributed by atoms with van der Waals surface area (Å²) in [6.45, 7) is 4.61. The molecule has 0 saturated carbocycles. The highest BCUT2D eigenvalue weighted by molar-refractivity contribution is 6.30. The van der Waals surface area contributed by atoms with Crippen LogP contribution in [0.25, 0.3) is 0 Å². The van der Waals surface area contributed by atoms with Gasteiger partial charge in [-0.2, -0.15) is 0 Å². The van der Waals surface area contributed by atoms with Gasteiger partial charge in [-0.25, -0.2) is 4.98 Å². The van der Waals surface area contributed by atoms with E-state index in [1.54, 1.807) is 18.0 Å². The van der Waals surface area contributed by atoms with E-state index in [1.807, 2.05) is 24.3 Å². The van der Waals surface area contributed by atoms with Crippen molar-refractivity contribution in [1.29, 1.82) is 0 Å². The standard InChI is InChI=1S/C15H16ClN3O2/c1-11-10-17-14(21-11)15(20)19-7-5-18(6-8-19)13-4-2-3-12(16)9-13/h2-4,9-10H,5-8H2,1H3. The Labute approximate surface area is 128 Å². The van der Waals surface area contributed by atoms with Crippen LogP contribution in [0.1, 0.15) is 16.4 Å². The molecule has 1 aromatic carbocycles. The molecule has 0 unspecified atom stereocenters. The van der Waals surface area contributed by atoms with Gasteiger partial charge in [0.1, 0.15) is 5.76 Å². The first-order valence-electron chi connectivity index (χ1n) is 6.86. The van der Waals surface area contributed by atoms with Gasteiger partial charge < -0.3 is 14.2 Å². The van der Waals surface area contributed by atoms with Crippen LogP contribution in [-0.4, -0.2) is 42.0 Å². The van der Waals surface area contributed by atoms with E-state index in [0.717, 1.165) is 23.8 Å². The Bertz CT molecular complexity index is 648. The third kappa shape index (κ3) is 3.03. The van der Waals surface area contributed by atoms with Gasteiger partial charge in [-0.1, -0.05) is 17.7 Å². The lowest BCUT2D eigenvalue weighted by molar-refractivity contribution is 0.0705. The van der Waals surface area contributed by atoms with Crippen molar-refractivity contribution in [2.45, 2.75) is 6.92 Å². The Kier molecular flexibility index (Phi) is 3.84. The lowest BCUT2D eigenvalue weighted by Gasteiger charge is -2.35. The largest absolute Gasteiger partial charge is 0.438 e. The van der Waals surface area contributed by atoms with Crippen molar-refractivity contribution < 1.29 is 9.21 Å². The van der Waals surface area contributed by atoms with Crippen molar-refractivity contribution >= 4 is 23.2 Å². The molecule has 0 radical (unpaired) electrons. The first kappa shape index (κ1) is 13.9. The monoisotopic (exact) mass is 305 g/mol. The first-order valence-corrected chi connectivity index (χ1v) is 7.23. The molecule has 2 aromatic rings. The molecular formula is C15H16ClN3O2. The quantitative estimate of drug-likeness (QED) is 0.856. The van der Waals surface area contributed by atoms with E-state index >= 15 is 0 Å². The first-order chi connectivity index (χ1) is 10.1. The normalized spacial score (nSPS) is 15.3. The van der Waals surface area contributed by atoms with Gasteiger partial charge in [0.05, 0.1) is 6.20 Å². The van der Waals surface area contributed by atoms with Gasteiger partial charge in [0, 0.05) is 36.9 Å². The molecule has 0 bridgehead atoms. The second-order valence-corrected chi connectivity index (χ2v) is 5.47. The minimum atomic E-state index is -0.145. The van der Waals surface area contributed by atoms with Gasteiger partial charge in [0.15, 0.2) is 0 Å². The fourth-order valence-electron chi connectivity index (χ4n) is 2.43. The van der Waals surface area contributed by atoms with Gasteiger partial charge in [0.2, 0.25) is 0 Å². The number of halogens is 1. The maximum absolute atomic E-state index is 12.2. The number of rotatable bonds is 2. The van der Waals surface area contributed by atoms with Crippen molar-refractivity contribution in [1.82, 2.24) is 9.88 Å². The summed E-state index contributed by atoms with van der Waals surface area (Å²) in [5.41, 5.74) is 1.08. The van der Waals surface area contributed by atoms with Crippen LogP contribution in [0.4, 0.5) is 5.69 Å². The van der Waals surface area contributed by atoms with E-state index in [2.05, 4.69) is 9.88 Å². The molecule has 1 aromatic heterocycles. The van der Waals surface area contributed by atoms with Crippen LogP contribution in [0.5, 0.6) is 0 Å². The molecular weight excluding hydrogens is 290 g/mol. The number of anilines is 1. The average molecular weight is 306 g/mol. The number of hydrogen-bond acceptors (Lipinski definition) is 4. The second-order valence-electron chi connectivity index (χ2n) is 5.04. The van der Waals surface area contributed by atoms with E-state index < -0.39 is 0 Å². The highest BCUT2D eigenvalue weighted by Crippen LogP contribution is 2.21. The van der Waals surface area contributed by atoms with Crippen molar-refractivity contribution in [3.63, 3.8) is 0 Å². The Morgan fingerprint density at radius 3 is 2.67 bits per heavy atom. The van der Waals surface area contributed by atoms with Gasteiger partial charge in [-0.3, -0.25) is 4.79 Å². The van der Waals surface area contributed by atoms with E-state index in [-0.39, 0.29) is 11.8 Å². The molecule has 1 fully saturated rings. The Morgan fingerprint density at radius 1 is 1.29 bits per heavy atom. The number of oxazole rings is 1. The van der Waals surface area contributed by atoms with Crippen molar-refractivity contribution in [2.75, 3.05) is 31.1 Å². The number of carbonyl (C=O) groups excluding carboxylic acids is 1. The number of aryl methyl sites for hydroxylation is 1. The molecule has 21 heavy (non-hydrogen) atoms. The number of aromatic nitrogens is 1. The van der Waals surface area contributed by atoms with Gasteiger partial charge in [0.25, 0.3) is 5.89 Å². The lowest BCUT2D eigenvalue weighted by Crippen LogP contribution is -2.48. The summed E-state index contributed by atoms with van der Waals surface area (Å²) >= 11 is 6.01. The molecule has 1 saturated heterocycles. The number of benzene rings is 1. The zero-order valence-electron chi connectivity index (χ0n) is 11.8. The van der Waals surface area contributed by atoms with Gasteiger partial charge in [-0.05, 0) is 25.1 Å². The van der Waals surface area contributed by atoms with Crippen LogP contribution < -0.4 is 4.90 Å². The predicted octanol–water partition coefficient (Wildman–Crippen LogP) is 2.60. The minimum absolute atomic E-state index is 0.145. The highest BCUT2D eigenvalue weighted by Gasteiger charge is 2.25. The number of carbonyl (C=O) groups is 1. The zero-order valence-corrected chi connectivity index (χ0v) is 12.5. The number of amides is 1. The maximum Gasteiger partial charge on any atom is 0.309 e. The van der Waals surface area contributed by atoms with Crippen molar-refractivity contribution in [2.24, 2.45) is 0 Å². The van der Waals surface area contributed by atoms with Crippen molar-refractivity contribution in [3.05, 3.63) is 47.1 Å². The van der Waals surface area contributed by atoms with Gasteiger partial charge in [-0.15, -0.1) is 0 Å². The Balaban J connectivity index is 1.64. The smallest absolute Gasteiger partial charge is 0.309 e. The summed E-state index contributed by atoms with van der Waals surface area (Å²) in [4.78, 5) is 20.2. The van der Waals surface area contributed by atoms with Crippen LogP contribution in [0.15, 0.2) is 34.9 Å². The summed E-state index contributed by atoms with van der Waals surface area (Å²) in [6.07, 6.45) is 1.56. The fraction of sp³-hybridized carbons (Fsp3) is 0.333. The Hall–Kier alpha value is -2.01. The topological polar surface area (TPSA) is 49.6 Å². The summed E-state index contributed by atoms with van der Waals surface area (Å²) in [7, 11) is 0. The number of hydrogen-bond donors (Lipinski definition) is 0. The predicted molar refractivity (Wildman–Crippen MR) is 80.8 cm³/mol. The lowest BCUT2D eigenvalue weighted by atomic mass is 10.2. The molecule has 5 nitrogen and oxygen atoms in total. The number of nitrogens with zero attached hydrogens (tertiary/aromatic N) is 3. The minimum Gasteiger partial charge on any atom is -0.438 e. The van der Waals surface area contributed by atoms with Crippen LogP contribution >= 0.6 is 11.6 Å². The van der Waals surface area contributed by atoms with Crippen molar-refractivity contribution in [3.8, 4) is 0 Å². The van der Waals surface area contributed by atoms with E-state index in [0.29, 0.717) is 18.8 Å². The van der Waals surface area contributed by atoms with Crippen LogP contribution in [-0.2, 0) is 0 Å².